The van der Waals surface area contributed by atoms with Crippen molar-refractivity contribution < 1.29 is 9.53 Å². The second-order valence-electron chi connectivity index (χ2n) is 4.88. The predicted molar refractivity (Wildman–Crippen MR) is 83.3 cm³/mol. The number of ether oxygens (including phenoxy) is 1. The number of nitrogens with zero attached hydrogens (tertiary/aromatic N) is 1. The highest BCUT2D eigenvalue weighted by Crippen LogP contribution is 2.38. The number of carbonyl (C=O) groups is 1. The number of nitrogens with two attached hydrogens (primary N) is 1. The van der Waals surface area contributed by atoms with Gasteiger partial charge in [0.05, 0.1) is 11.4 Å². The molecule has 0 unspecified atom stereocenters. The van der Waals surface area contributed by atoms with Crippen molar-refractivity contribution in [2.24, 2.45) is 0 Å². The summed E-state index contributed by atoms with van der Waals surface area (Å²) in [5, 5.41) is 4.23. The number of nitrogens with one attached hydrogen (secondary N) is 1. The van der Waals surface area contributed by atoms with Crippen LogP contribution in [0.5, 0.6) is 0 Å². The lowest BCUT2D eigenvalue weighted by Gasteiger charge is -2.14. The number of carbonyl (C=O) groups excluding carboxylic acids is 1. The third-order valence-electron chi connectivity index (χ3n) is 3.57. The molecule has 0 atom stereocenters. The molecule has 5 nitrogen and oxygen atoms in total. The summed E-state index contributed by atoms with van der Waals surface area (Å²) in [6, 6.07) is 0. The molecule has 0 saturated carbocycles. The Kier molecular flexibility index (Phi) is 3.53. The van der Waals surface area contributed by atoms with Crippen molar-refractivity contribution in [1.82, 2.24) is 10.3 Å². The van der Waals surface area contributed by atoms with E-state index in [9.17, 15) is 4.79 Å². The maximum Gasteiger partial charge on any atom is 0.343 e. The third-order valence-corrected chi connectivity index (χ3v) is 4.70. The monoisotopic (exact) mass is 301 g/mol. The Morgan fingerprint density at radius 3 is 3.19 bits per heavy atom. The van der Waals surface area contributed by atoms with Crippen molar-refractivity contribution in [3.63, 3.8) is 0 Å². The molecule has 0 bridgehead atoms. The average molecular weight is 301 g/mol. The highest BCUT2D eigenvalue weighted by molar-refractivity contribution is 7.19. The zero-order valence-electron chi connectivity index (χ0n) is 11.7. The van der Waals surface area contributed by atoms with Gasteiger partial charge in [-0.15, -0.1) is 17.8 Å². The summed E-state index contributed by atoms with van der Waals surface area (Å²) in [7, 11) is 0. The average Bonchev–Trinajstić information content (AvgIpc) is 2.83. The number of hydrogen-bond acceptors (Lipinski definition) is 6. The van der Waals surface area contributed by atoms with Gasteiger partial charge in [-0.05, 0) is 25.5 Å². The molecule has 6 heteroatoms. The zero-order valence-corrected chi connectivity index (χ0v) is 12.5. The smallest absolute Gasteiger partial charge is 0.343 e. The van der Waals surface area contributed by atoms with Gasteiger partial charge in [0.1, 0.15) is 10.4 Å². The van der Waals surface area contributed by atoms with Gasteiger partial charge >= 0.3 is 5.97 Å². The minimum Gasteiger partial charge on any atom is -0.449 e. The van der Waals surface area contributed by atoms with Gasteiger partial charge in [-0.3, -0.25) is 0 Å². The van der Waals surface area contributed by atoms with Crippen LogP contribution in [0.3, 0.4) is 0 Å². The minimum absolute atomic E-state index is 0.0680. The SMILES string of the molecule is C#CCOC(=O)c1c(C)nc2sc3c(c2c1N)CCNC3. The van der Waals surface area contributed by atoms with Crippen molar-refractivity contribution >= 4 is 33.2 Å². The molecule has 3 rings (SSSR count). The molecular formula is C15H15N3O2S. The first-order valence-electron chi connectivity index (χ1n) is 6.65. The van der Waals surface area contributed by atoms with Crippen molar-refractivity contribution in [3.8, 4) is 12.3 Å². The normalized spacial score (nSPS) is 13.7. The Bertz CT molecular complexity index is 774. The maximum absolute atomic E-state index is 12.1. The Morgan fingerprint density at radius 2 is 2.43 bits per heavy atom. The lowest BCUT2D eigenvalue weighted by molar-refractivity contribution is 0.0557. The largest absolute Gasteiger partial charge is 0.449 e. The zero-order chi connectivity index (χ0) is 15.0. The third kappa shape index (κ3) is 2.24. The van der Waals surface area contributed by atoms with E-state index in [1.807, 2.05) is 0 Å². The standard InChI is InChI=1S/C15H15N3O2S/c1-3-6-20-15(19)11-8(2)18-14-12(13(11)16)9-4-5-17-7-10(9)21-14/h1,17H,4-7H2,2H3,(H2,16,18). The van der Waals surface area contributed by atoms with Gasteiger partial charge < -0.3 is 15.8 Å². The summed E-state index contributed by atoms with van der Waals surface area (Å²) in [5.41, 5.74) is 8.82. The second kappa shape index (κ2) is 5.35. The molecule has 0 saturated heterocycles. The van der Waals surface area contributed by atoms with Gasteiger partial charge in [0, 0.05) is 16.8 Å². The van der Waals surface area contributed by atoms with Crippen LogP contribution in [0.4, 0.5) is 5.69 Å². The van der Waals surface area contributed by atoms with Crippen LogP contribution in [-0.4, -0.2) is 24.1 Å². The summed E-state index contributed by atoms with van der Waals surface area (Å²) in [6.45, 7) is 3.43. The van der Waals surface area contributed by atoms with Crippen LogP contribution in [-0.2, 0) is 17.7 Å². The fraction of sp³-hybridized carbons (Fsp3) is 0.333. The Hall–Kier alpha value is -2.10. The van der Waals surface area contributed by atoms with E-state index in [2.05, 4.69) is 16.2 Å². The molecular weight excluding hydrogens is 286 g/mol. The molecule has 21 heavy (non-hydrogen) atoms. The van der Waals surface area contributed by atoms with E-state index < -0.39 is 5.97 Å². The van der Waals surface area contributed by atoms with Crippen molar-refractivity contribution in [2.75, 3.05) is 18.9 Å². The highest BCUT2D eigenvalue weighted by atomic mass is 32.1. The summed E-state index contributed by atoms with van der Waals surface area (Å²) >= 11 is 1.63. The van der Waals surface area contributed by atoms with Gasteiger partial charge in [-0.1, -0.05) is 5.92 Å². The summed E-state index contributed by atoms with van der Waals surface area (Å²) in [4.78, 5) is 18.8. The molecule has 3 N–H and O–H groups in total. The predicted octanol–water partition coefficient (Wildman–Crippen LogP) is 1.62. The van der Waals surface area contributed by atoms with E-state index in [-0.39, 0.29) is 6.61 Å². The number of fused-ring (bicyclic) bond motifs is 3. The maximum atomic E-state index is 12.1. The summed E-state index contributed by atoms with van der Waals surface area (Å²) < 4.78 is 5.00. The quantitative estimate of drug-likeness (QED) is 0.651. The number of aromatic nitrogens is 1. The van der Waals surface area contributed by atoms with Gasteiger partial charge in [-0.25, -0.2) is 9.78 Å². The van der Waals surface area contributed by atoms with Crippen LogP contribution in [0.25, 0.3) is 10.2 Å². The molecule has 2 aromatic heterocycles. The van der Waals surface area contributed by atoms with Crippen LogP contribution >= 0.6 is 11.3 Å². The van der Waals surface area contributed by atoms with Crippen molar-refractivity contribution in [2.45, 2.75) is 19.9 Å². The molecule has 0 spiro atoms. The molecule has 108 valence electrons. The van der Waals surface area contributed by atoms with E-state index in [1.54, 1.807) is 18.3 Å². The molecule has 0 aliphatic carbocycles. The number of nitrogen functional groups attached to an aromatic ring is 1. The number of rotatable bonds is 2. The van der Waals surface area contributed by atoms with Crippen LogP contribution in [0.15, 0.2) is 0 Å². The van der Waals surface area contributed by atoms with Gasteiger partial charge in [0.25, 0.3) is 0 Å². The molecule has 0 radical (unpaired) electrons. The number of hydrogen-bond donors (Lipinski definition) is 2. The van der Waals surface area contributed by atoms with E-state index in [0.29, 0.717) is 16.9 Å². The van der Waals surface area contributed by atoms with Crippen LogP contribution in [0.1, 0.15) is 26.5 Å². The topological polar surface area (TPSA) is 77.2 Å². The van der Waals surface area contributed by atoms with Crippen LogP contribution in [0.2, 0.25) is 0 Å². The van der Waals surface area contributed by atoms with Gasteiger partial charge in [0.2, 0.25) is 0 Å². The second-order valence-corrected chi connectivity index (χ2v) is 5.96. The number of aryl methyl sites for hydroxylation is 1. The van der Waals surface area contributed by atoms with E-state index in [0.717, 1.165) is 29.7 Å². The Balaban J connectivity index is 2.18. The first-order chi connectivity index (χ1) is 10.1. The molecule has 2 aromatic rings. The number of pyridine rings is 1. The molecule has 0 fully saturated rings. The lowest BCUT2D eigenvalue weighted by Crippen LogP contribution is -2.22. The fourth-order valence-corrected chi connectivity index (χ4v) is 3.89. The van der Waals surface area contributed by atoms with E-state index >= 15 is 0 Å². The molecule has 3 heterocycles. The van der Waals surface area contributed by atoms with Gasteiger partial charge in [0.15, 0.2) is 6.61 Å². The first-order valence-corrected chi connectivity index (χ1v) is 7.46. The van der Waals surface area contributed by atoms with Crippen molar-refractivity contribution in [1.29, 1.82) is 0 Å². The fourth-order valence-electron chi connectivity index (χ4n) is 2.64. The number of esters is 1. The molecule has 0 amide bonds. The number of anilines is 1. The number of terminal acetylenes is 1. The molecule has 1 aliphatic rings. The minimum atomic E-state index is -0.508. The van der Waals surface area contributed by atoms with Gasteiger partial charge in [-0.2, -0.15) is 0 Å². The number of thiophene rings is 1. The van der Waals surface area contributed by atoms with Crippen molar-refractivity contribution in [3.05, 3.63) is 21.7 Å². The highest BCUT2D eigenvalue weighted by Gasteiger charge is 2.24. The van der Waals surface area contributed by atoms with Crippen LogP contribution < -0.4 is 11.1 Å². The Morgan fingerprint density at radius 1 is 1.62 bits per heavy atom. The lowest BCUT2D eigenvalue weighted by atomic mass is 10.0. The summed E-state index contributed by atoms with van der Waals surface area (Å²) in [5.74, 6) is 1.77. The van der Waals surface area contributed by atoms with E-state index in [1.165, 1.54) is 10.4 Å². The summed E-state index contributed by atoms with van der Waals surface area (Å²) in [6.07, 6.45) is 6.01. The molecule has 1 aliphatic heterocycles. The Labute approximate surface area is 126 Å². The molecule has 0 aromatic carbocycles. The first kappa shape index (κ1) is 13.9. The van der Waals surface area contributed by atoms with E-state index in [4.69, 9.17) is 16.9 Å². The van der Waals surface area contributed by atoms with Crippen LogP contribution in [0, 0.1) is 19.3 Å².